The van der Waals surface area contributed by atoms with Crippen LogP contribution in [0.3, 0.4) is 0 Å². The number of carbonyl (C=O) groups excluding carboxylic acids is 1. The minimum atomic E-state index is -4.02. The number of urea groups is 1. The largest absolute Gasteiger partial charge is 0.333 e. The average Bonchev–Trinajstić information content (AvgIpc) is 3.45. The summed E-state index contributed by atoms with van der Waals surface area (Å²) in [5, 5.41) is 7.15. The number of aromatic nitrogens is 2. The lowest BCUT2D eigenvalue weighted by molar-refractivity contribution is 0.237. The number of anilines is 1. The molecule has 0 saturated heterocycles. The zero-order chi connectivity index (χ0) is 21.8. The second-order valence-corrected chi connectivity index (χ2v) is 10.7. The third kappa shape index (κ3) is 3.63. The van der Waals surface area contributed by atoms with Gasteiger partial charge >= 0.3 is 6.03 Å². The Hall–Kier alpha value is -2.39. The van der Waals surface area contributed by atoms with Gasteiger partial charge in [-0.25, -0.2) is 17.9 Å². The molecule has 9 heteroatoms. The fourth-order valence-corrected chi connectivity index (χ4v) is 6.43. The molecular weight excluding hydrogens is 414 g/mol. The van der Waals surface area contributed by atoms with Crippen molar-refractivity contribution < 1.29 is 13.2 Å². The van der Waals surface area contributed by atoms with E-state index < -0.39 is 16.1 Å². The summed E-state index contributed by atoms with van der Waals surface area (Å²) in [6.45, 7) is 0.669. The molecular formula is C22H29N5O3S. The second-order valence-electron chi connectivity index (χ2n) is 9.08. The van der Waals surface area contributed by atoms with Crippen LogP contribution in [0.2, 0.25) is 0 Å². The monoisotopic (exact) mass is 443 g/mol. The van der Waals surface area contributed by atoms with Crippen molar-refractivity contribution in [2.45, 2.75) is 68.8 Å². The van der Waals surface area contributed by atoms with Crippen LogP contribution >= 0.6 is 0 Å². The van der Waals surface area contributed by atoms with Crippen LogP contribution in [0.25, 0.3) is 0 Å². The maximum absolute atomic E-state index is 13.1. The van der Waals surface area contributed by atoms with Crippen LogP contribution in [0.15, 0.2) is 17.2 Å². The average molecular weight is 444 g/mol. The summed E-state index contributed by atoms with van der Waals surface area (Å²) in [7, 11) is -0.0322. The molecule has 5 rings (SSSR count). The molecule has 2 amide bonds. The van der Waals surface area contributed by atoms with Gasteiger partial charge in [-0.05, 0) is 81.3 Å². The predicted molar refractivity (Wildman–Crippen MR) is 118 cm³/mol. The topological polar surface area (TPSA) is 96.3 Å². The van der Waals surface area contributed by atoms with Gasteiger partial charge < -0.3 is 10.2 Å². The van der Waals surface area contributed by atoms with E-state index in [0.717, 1.165) is 50.6 Å². The summed E-state index contributed by atoms with van der Waals surface area (Å²) in [4.78, 5) is 15.0. The highest BCUT2D eigenvalue weighted by atomic mass is 32.2. The van der Waals surface area contributed by atoms with E-state index in [1.54, 1.807) is 4.68 Å². The van der Waals surface area contributed by atoms with Gasteiger partial charge in [0, 0.05) is 24.7 Å². The lowest BCUT2D eigenvalue weighted by atomic mass is 9.99. The van der Waals surface area contributed by atoms with Crippen molar-refractivity contribution in [3.63, 3.8) is 0 Å². The fourth-order valence-electron chi connectivity index (χ4n) is 5.34. The number of sulfonamides is 1. The van der Waals surface area contributed by atoms with Gasteiger partial charge in [0.2, 0.25) is 0 Å². The third-order valence-electron chi connectivity index (χ3n) is 6.97. The van der Waals surface area contributed by atoms with E-state index in [2.05, 4.69) is 26.1 Å². The van der Waals surface area contributed by atoms with Crippen LogP contribution in [0.4, 0.5) is 10.5 Å². The fraction of sp³-hybridized carbons (Fsp3) is 0.545. The zero-order valence-corrected chi connectivity index (χ0v) is 18.9. The van der Waals surface area contributed by atoms with Gasteiger partial charge in [0.05, 0.1) is 11.9 Å². The molecule has 2 aliphatic carbocycles. The molecule has 166 valence electrons. The highest BCUT2D eigenvalue weighted by Gasteiger charge is 2.31. The Labute approximate surface area is 183 Å². The maximum Gasteiger partial charge on any atom is 0.333 e. The summed E-state index contributed by atoms with van der Waals surface area (Å²) in [5.74, 6) is 0. The first kappa shape index (κ1) is 20.5. The second kappa shape index (κ2) is 7.63. The van der Waals surface area contributed by atoms with E-state index >= 15 is 0 Å². The number of benzene rings is 1. The summed E-state index contributed by atoms with van der Waals surface area (Å²) in [5.41, 5.74) is 6.42. The molecule has 1 aliphatic heterocycles. The van der Waals surface area contributed by atoms with Gasteiger partial charge in [-0.2, -0.15) is 5.10 Å². The molecule has 1 unspecified atom stereocenters. The number of likely N-dealkylation sites (N-methyl/N-ethyl adjacent to an activating group) is 1. The van der Waals surface area contributed by atoms with Crippen LogP contribution in [0, 0.1) is 0 Å². The molecule has 31 heavy (non-hydrogen) atoms. The van der Waals surface area contributed by atoms with Gasteiger partial charge in [0.25, 0.3) is 10.0 Å². The first-order chi connectivity index (χ1) is 14.8. The van der Waals surface area contributed by atoms with Gasteiger partial charge in [-0.3, -0.25) is 4.68 Å². The van der Waals surface area contributed by atoms with Crippen LogP contribution < -0.4 is 10.0 Å². The molecule has 0 spiro atoms. The number of aryl methyl sites for hydroxylation is 3. The van der Waals surface area contributed by atoms with Gasteiger partial charge in [-0.1, -0.05) is 6.07 Å². The molecule has 1 aromatic heterocycles. The third-order valence-corrected chi connectivity index (χ3v) is 8.35. The summed E-state index contributed by atoms with van der Waals surface area (Å²) < 4.78 is 30.1. The summed E-state index contributed by atoms with van der Waals surface area (Å²) in [6, 6.07) is 1.83. The first-order valence-electron chi connectivity index (χ1n) is 11.0. The van der Waals surface area contributed by atoms with Crippen LogP contribution in [0.5, 0.6) is 0 Å². The molecule has 2 aromatic rings. The summed E-state index contributed by atoms with van der Waals surface area (Å²) >= 11 is 0. The summed E-state index contributed by atoms with van der Waals surface area (Å²) in [6.07, 6.45) is 8.90. The number of rotatable bonds is 4. The SMILES string of the molecule is CN(C)C1CCn2ncc(S(=O)(=O)NC(=O)Nc3c4c(cc5c3CCC5)CCC4)c2C1. The normalized spacial score (nSPS) is 19.8. The van der Waals surface area contributed by atoms with E-state index in [-0.39, 0.29) is 10.9 Å². The zero-order valence-electron chi connectivity index (χ0n) is 18.1. The Bertz CT molecular complexity index is 1120. The van der Waals surface area contributed by atoms with Crippen molar-refractivity contribution >= 4 is 21.7 Å². The number of nitrogens with one attached hydrogen (secondary N) is 2. The van der Waals surface area contributed by atoms with Gasteiger partial charge in [0.15, 0.2) is 0 Å². The highest BCUT2D eigenvalue weighted by Crippen LogP contribution is 2.38. The molecule has 0 fully saturated rings. The van der Waals surface area contributed by atoms with Crippen molar-refractivity contribution in [1.29, 1.82) is 0 Å². The first-order valence-corrected chi connectivity index (χ1v) is 12.5. The van der Waals surface area contributed by atoms with Crippen molar-refractivity contribution in [1.82, 2.24) is 19.4 Å². The van der Waals surface area contributed by atoms with Crippen LogP contribution in [-0.2, 0) is 48.7 Å². The molecule has 3 aliphatic rings. The Morgan fingerprint density at radius 2 is 1.81 bits per heavy atom. The smallest absolute Gasteiger partial charge is 0.307 e. The van der Waals surface area contributed by atoms with Crippen molar-refractivity contribution in [2.75, 3.05) is 19.4 Å². The van der Waals surface area contributed by atoms with Gasteiger partial charge in [-0.15, -0.1) is 0 Å². The Kier molecular flexibility index (Phi) is 5.05. The molecule has 0 bridgehead atoms. The highest BCUT2D eigenvalue weighted by molar-refractivity contribution is 7.90. The van der Waals surface area contributed by atoms with E-state index in [1.165, 1.54) is 28.5 Å². The van der Waals surface area contributed by atoms with E-state index in [4.69, 9.17) is 0 Å². The number of hydrogen-bond donors (Lipinski definition) is 2. The number of hydrogen-bond acceptors (Lipinski definition) is 5. The van der Waals surface area contributed by atoms with Crippen molar-refractivity contribution in [3.8, 4) is 0 Å². The lowest BCUT2D eigenvalue weighted by Crippen LogP contribution is -2.38. The minimum absolute atomic E-state index is 0.0951. The Morgan fingerprint density at radius 3 is 2.45 bits per heavy atom. The van der Waals surface area contributed by atoms with E-state index in [0.29, 0.717) is 18.7 Å². The standard InChI is InChI=1S/C22H29N5O3S/c1-26(2)16-9-10-27-19(12-16)20(13-23-27)31(29,30)25-22(28)24-21-17-7-3-5-14(17)11-15-6-4-8-18(15)21/h11,13,16H,3-10,12H2,1-2H3,(H2,24,25,28). The molecule has 8 nitrogen and oxygen atoms in total. The number of carbonyl (C=O) groups is 1. The number of fused-ring (bicyclic) bond motifs is 3. The van der Waals surface area contributed by atoms with Crippen molar-refractivity contribution in [3.05, 3.63) is 40.2 Å². The molecule has 2 N–H and O–H groups in total. The molecule has 0 radical (unpaired) electrons. The quantitative estimate of drug-likeness (QED) is 0.756. The lowest BCUT2D eigenvalue weighted by Gasteiger charge is -2.29. The predicted octanol–water partition coefficient (Wildman–Crippen LogP) is 2.25. The minimum Gasteiger partial charge on any atom is -0.307 e. The number of nitrogens with zero attached hydrogens (tertiary/aromatic N) is 3. The molecule has 0 saturated carbocycles. The number of amides is 2. The van der Waals surface area contributed by atoms with E-state index in [9.17, 15) is 13.2 Å². The molecule has 1 aromatic carbocycles. The van der Waals surface area contributed by atoms with Crippen molar-refractivity contribution in [2.24, 2.45) is 0 Å². The molecule has 1 atom stereocenters. The molecule has 2 heterocycles. The van der Waals surface area contributed by atoms with Crippen LogP contribution in [-0.4, -0.2) is 49.3 Å². The van der Waals surface area contributed by atoms with Crippen LogP contribution in [0.1, 0.15) is 47.2 Å². The van der Waals surface area contributed by atoms with Gasteiger partial charge in [0.1, 0.15) is 4.90 Å². The Balaban J connectivity index is 1.39. The maximum atomic E-state index is 13.1. The van der Waals surface area contributed by atoms with E-state index in [1.807, 2.05) is 14.1 Å². The Morgan fingerprint density at radius 1 is 1.13 bits per heavy atom.